The summed E-state index contributed by atoms with van der Waals surface area (Å²) in [6, 6.07) is 4.08. The van der Waals surface area contributed by atoms with Crippen LogP contribution >= 0.6 is 15.9 Å². The van der Waals surface area contributed by atoms with Crippen molar-refractivity contribution in [3.8, 4) is 5.75 Å². The highest BCUT2D eigenvalue weighted by Gasteiger charge is 2.33. The number of ether oxygens (including phenoxy) is 1. The Morgan fingerprint density at radius 2 is 1.80 bits per heavy atom. The minimum atomic E-state index is -1.27. The first-order chi connectivity index (χ1) is 8.99. The second kappa shape index (κ2) is 5.76. The lowest BCUT2D eigenvalue weighted by Gasteiger charge is -2.29. The number of halogens is 1. The number of benzene rings is 1. The molecule has 1 rings (SSSR count). The Bertz CT molecular complexity index is 513. The van der Waals surface area contributed by atoms with Crippen molar-refractivity contribution in [3.63, 3.8) is 0 Å². The summed E-state index contributed by atoms with van der Waals surface area (Å²) >= 11 is 3.52. The number of hydrogen-bond acceptors (Lipinski definition) is 2. The summed E-state index contributed by atoms with van der Waals surface area (Å²) in [5.41, 5.74) is 0.814. The lowest BCUT2D eigenvalue weighted by atomic mass is 9.85. The van der Waals surface area contributed by atoms with Gasteiger partial charge in [-0.15, -0.1) is 0 Å². The molecule has 4 heteroatoms. The van der Waals surface area contributed by atoms with E-state index in [2.05, 4.69) is 49.7 Å². The maximum Gasteiger partial charge on any atom is 0.347 e. The van der Waals surface area contributed by atoms with E-state index in [-0.39, 0.29) is 5.41 Å². The first-order valence-corrected chi connectivity index (χ1v) is 7.53. The topological polar surface area (TPSA) is 46.5 Å². The molecule has 0 saturated heterocycles. The van der Waals surface area contributed by atoms with Gasteiger partial charge in [0.05, 0.1) is 4.47 Å². The van der Waals surface area contributed by atoms with Crippen LogP contribution in [0.2, 0.25) is 0 Å². The second-order valence-corrected chi connectivity index (χ2v) is 7.33. The second-order valence-electron chi connectivity index (χ2n) is 6.48. The van der Waals surface area contributed by atoms with Crippen LogP contribution in [0.1, 0.15) is 52.7 Å². The minimum Gasteiger partial charge on any atom is -0.478 e. The Hall–Kier alpha value is -1.03. The molecule has 0 aliphatic heterocycles. The van der Waals surface area contributed by atoms with Crippen LogP contribution in [0.5, 0.6) is 5.75 Å². The summed E-state index contributed by atoms with van der Waals surface area (Å²) in [5.74, 6) is -0.370. The van der Waals surface area contributed by atoms with Gasteiger partial charge in [0.15, 0.2) is 5.60 Å². The van der Waals surface area contributed by atoms with Gasteiger partial charge in [-0.3, -0.25) is 0 Å². The van der Waals surface area contributed by atoms with Crippen LogP contribution in [0.3, 0.4) is 0 Å². The van der Waals surface area contributed by atoms with E-state index in [0.29, 0.717) is 5.75 Å². The van der Waals surface area contributed by atoms with Gasteiger partial charge < -0.3 is 9.84 Å². The highest BCUT2D eigenvalue weighted by atomic mass is 79.9. The molecule has 1 aromatic rings. The highest BCUT2D eigenvalue weighted by Crippen LogP contribution is 2.40. The Morgan fingerprint density at radius 1 is 1.25 bits per heavy atom. The Balaban J connectivity index is 3.42. The molecule has 0 unspecified atom stereocenters. The van der Waals surface area contributed by atoms with E-state index >= 15 is 0 Å². The van der Waals surface area contributed by atoms with Gasteiger partial charge in [-0.05, 0) is 53.2 Å². The fraction of sp³-hybridized carbons (Fsp3) is 0.562. The maximum atomic E-state index is 11.3. The molecule has 0 amide bonds. The van der Waals surface area contributed by atoms with Gasteiger partial charge in [-0.25, -0.2) is 4.79 Å². The molecule has 1 N–H and O–H groups in total. The van der Waals surface area contributed by atoms with Crippen molar-refractivity contribution >= 4 is 21.9 Å². The summed E-state index contributed by atoms with van der Waals surface area (Å²) in [5, 5.41) is 9.25. The molecule has 0 spiro atoms. The molecule has 0 saturated carbocycles. The molecule has 1 aromatic carbocycles. The summed E-state index contributed by atoms with van der Waals surface area (Å²) in [4.78, 5) is 11.3. The summed E-state index contributed by atoms with van der Waals surface area (Å²) in [6.07, 6.45) is 0.921. The number of hydrogen-bond donors (Lipinski definition) is 1. The monoisotopic (exact) mass is 342 g/mol. The molecule has 0 atom stereocenters. The van der Waals surface area contributed by atoms with Crippen LogP contribution in [0, 0.1) is 0 Å². The molecule has 0 radical (unpaired) electrons. The molecule has 0 bridgehead atoms. The molecular weight excluding hydrogens is 320 g/mol. The van der Waals surface area contributed by atoms with Gasteiger partial charge >= 0.3 is 5.97 Å². The standard InChI is InChI=1S/C16H23BrO3/c1-7-10-8-11(15(2,3)4)13(12(17)9-10)20-16(5,6)14(18)19/h8-9H,7H2,1-6H3,(H,18,19). The number of carboxylic acid groups (broad SMARTS) is 1. The van der Waals surface area contributed by atoms with E-state index in [0.717, 1.165) is 16.5 Å². The van der Waals surface area contributed by atoms with Crippen molar-refractivity contribution in [3.05, 3.63) is 27.7 Å². The predicted octanol–water partition coefficient (Wildman–Crippen LogP) is 4.55. The summed E-state index contributed by atoms with van der Waals surface area (Å²) < 4.78 is 6.61. The van der Waals surface area contributed by atoms with Crippen LogP contribution in [-0.4, -0.2) is 16.7 Å². The first-order valence-electron chi connectivity index (χ1n) is 6.74. The number of carboxylic acids is 1. The number of carbonyl (C=O) groups is 1. The average molecular weight is 343 g/mol. The van der Waals surface area contributed by atoms with Crippen molar-refractivity contribution < 1.29 is 14.6 Å². The molecular formula is C16H23BrO3. The van der Waals surface area contributed by atoms with Crippen LogP contribution in [0.25, 0.3) is 0 Å². The minimum absolute atomic E-state index is 0.127. The van der Waals surface area contributed by atoms with Gasteiger partial charge in [-0.1, -0.05) is 33.8 Å². The van der Waals surface area contributed by atoms with Gasteiger partial charge in [0, 0.05) is 5.56 Å². The van der Waals surface area contributed by atoms with Crippen LogP contribution in [0.15, 0.2) is 16.6 Å². The van der Waals surface area contributed by atoms with Crippen molar-refractivity contribution in [1.82, 2.24) is 0 Å². The van der Waals surface area contributed by atoms with E-state index in [1.807, 2.05) is 6.07 Å². The fourth-order valence-corrected chi connectivity index (χ4v) is 2.40. The number of rotatable bonds is 4. The van der Waals surface area contributed by atoms with E-state index in [1.54, 1.807) is 13.8 Å². The normalized spacial score (nSPS) is 12.3. The fourth-order valence-electron chi connectivity index (χ4n) is 1.81. The summed E-state index contributed by atoms with van der Waals surface area (Å²) in [6.45, 7) is 11.5. The lowest BCUT2D eigenvalue weighted by molar-refractivity contribution is -0.152. The molecule has 0 aromatic heterocycles. The molecule has 0 heterocycles. The van der Waals surface area contributed by atoms with Crippen LogP contribution < -0.4 is 4.74 Å². The molecule has 0 fully saturated rings. The number of aryl methyl sites for hydroxylation is 1. The lowest BCUT2D eigenvalue weighted by Crippen LogP contribution is -2.38. The molecule has 0 aliphatic rings. The van der Waals surface area contributed by atoms with Gasteiger partial charge in [-0.2, -0.15) is 0 Å². The predicted molar refractivity (Wildman–Crippen MR) is 84.6 cm³/mol. The van der Waals surface area contributed by atoms with E-state index in [9.17, 15) is 9.90 Å². The van der Waals surface area contributed by atoms with Crippen molar-refractivity contribution in [2.75, 3.05) is 0 Å². The van der Waals surface area contributed by atoms with Crippen molar-refractivity contribution in [2.24, 2.45) is 0 Å². The van der Waals surface area contributed by atoms with Gasteiger partial charge in [0.1, 0.15) is 5.75 Å². The van der Waals surface area contributed by atoms with Crippen molar-refractivity contribution in [1.29, 1.82) is 0 Å². The van der Waals surface area contributed by atoms with Gasteiger partial charge in [0.2, 0.25) is 0 Å². The van der Waals surface area contributed by atoms with E-state index < -0.39 is 11.6 Å². The van der Waals surface area contributed by atoms with E-state index in [1.165, 1.54) is 5.56 Å². The number of aliphatic carboxylic acids is 1. The molecule has 112 valence electrons. The third-order valence-electron chi connectivity index (χ3n) is 3.19. The summed E-state index contributed by atoms with van der Waals surface area (Å²) in [7, 11) is 0. The Kier molecular flexibility index (Phi) is 4.90. The molecule has 20 heavy (non-hydrogen) atoms. The Morgan fingerprint density at radius 3 is 2.20 bits per heavy atom. The largest absolute Gasteiger partial charge is 0.478 e. The quantitative estimate of drug-likeness (QED) is 0.872. The molecule has 0 aliphatic carbocycles. The van der Waals surface area contributed by atoms with E-state index in [4.69, 9.17) is 4.74 Å². The third-order valence-corrected chi connectivity index (χ3v) is 3.78. The average Bonchev–Trinajstić information content (AvgIpc) is 2.29. The zero-order chi connectivity index (χ0) is 15.7. The zero-order valence-corrected chi connectivity index (χ0v) is 14.6. The SMILES string of the molecule is CCc1cc(Br)c(OC(C)(C)C(=O)O)c(C(C)(C)C)c1. The van der Waals surface area contributed by atoms with Crippen LogP contribution in [0.4, 0.5) is 0 Å². The Labute approximate surface area is 129 Å². The molecule has 3 nitrogen and oxygen atoms in total. The first kappa shape index (κ1) is 17.0. The third kappa shape index (κ3) is 3.75. The maximum absolute atomic E-state index is 11.3. The van der Waals surface area contributed by atoms with Crippen LogP contribution in [-0.2, 0) is 16.6 Å². The van der Waals surface area contributed by atoms with Crippen molar-refractivity contribution in [2.45, 2.75) is 59.0 Å². The van der Waals surface area contributed by atoms with Gasteiger partial charge in [0.25, 0.3) is 0 Å². The highest BCUT2D eigenvalue weighted by molar-refractivity contribution is 9.10. The zero-order valence-electron chi connectivity index (χ0n) is 13.0. The smallest absolute Gasteiger partial charge is 0.347 e.